The maximum absolute atomic E-state index is 12.9. The highest BCUT2D eigenvalue weighted by Crippen LogP contribution is 2.22. The zero-order valence-electron chi connectivity index (χ0n) is 16.4. The van der Waals surface area contributed by atoms with Gasteiger partial charge in [-0.3, -0.25) is 14.2 Å². The standard InChI is InChI=1S/C21H21FN2O4S/c1-13-10-18(15(3)24(13)20-11-14(2)28-23-20)19(25)12-27-21(26)8-9-29-17-6-4-16(22)5-7-17/h4-7,10-11H,8-9,12H2,1-3H3. The molecular formula is C21H21FN2O4S. The molecule has 0 aliphatic rings. The zero-order valence-corrected chi connectivity index (χ0v) is 17.2. The molecule has 0 N–H and O–H groups in total. The molecule has 3 aromatic rings. The third kappa shape index (κ3) is 5.14. The van der Waals surface area contributed by atoms with Crippen LogP contribution in [0.1, 0.15) is 33.9 Å². The Balaban J connectivity index is 1.52. The molecular weight excluding hydrogens is 395 g/mol. The van der Waals surface area contributed by atoms with Gasteiger partial charge in [0, 0.05) is 33.7 Å². The van der Waals surface area contributed by atoms with Crippen LogP contribution in [0.15, 0.2) is 45.8 Å². The highest BCUT2D eigenvalue weighted by molar-refractivity contribution is 7.99. The number of aromatic nitrogens is 2. The predicted octanol–water partition coefficient (Wildman–Crippen LogP) is 4.44. The number of halogens is 1. The molecule has 1 aromatic carbocycles. The van der Waals surface area contributed by atoms with Crippen molar-refractivity contribution in [3.63, 3.8) is 0 Å². The fourth-order valence-electron chi connectivity index (χ4n) is 2.94. The van der Waals surface area contributed by atoms with Gasteiger partial charge in [-0.25, -0.2) is 4.39 Å². The van der Waals surface area contributed by atoms with E-state index in [0.29, 0.717) is 28.6 Å². The van der Waals surface area contributed by atoms with Crippen molar-refractivity contribution in [2.24, 2.45) is 0 Å². The van der Waals surface area contributed by atoms with E-state index in [1.165, 1.54) is 23.9 Å². The van der Waals surface area contributed by atoms with E-state index in [1.54, 1.807) is 31.2 Å². The predicted molar refractivity (Wildman–Crippen MR) is 107 cm³/mol. The summed E-state index contributed by atoms with van der Waals surface area (Å²) in [6, 6.07) is 9.58. The molecule has 2 heterocycles. The van der Waals surface area contributed by atoms with Gasteiger partial charge in [-0.15, -0.1) is 11.8 Å². The molecule has 8 heteroatoms. The second kappa shape index (κ2) is 9.09. The number of ether oxygens (including phenoxy) is 1. The first kappa shape index (κ1) is 20.9. The van der Waals surface area contributed by atoms with Gasteiger partial charge in [0.05, 0.1) is 6.42 Å². The van der Waals surface area contributed by atoms with Crippen LogP contribution in [0.5, 0.6) is 0 Å². The van der Waals surface area contributed by atoms with E-state index in [1.807, 2.05) is 18.4 Å². The molecule has 0 spiro atoms. The third-order valence-corrected chi connectivity index (χ3v) is 5.34. The summed E-state index contributed by atoms with van der Waals surface area (Å²) in [5.41, 5.74) is 2.03. The summed E-state index contributed by atoms with van der Waals surface area (Å²) < 4.78 is 24.9. The summed E-state index contributed by atoms with van der Waals surface area (Å²) in [5, 5.41) is 3.99. The monoisotopic (exact) mass is 416 g/mol. The van der Waals surface area contributed by atoms with Crippen molar-refractivity contribution < 1.29 is 23.2 Å². The van der Waals surface area contributed by atoms with E-state index in [9.17, 15) is 14.0 Å². The van der Waals surface area contributed by atoms with Crippen molar-refractivity contribution in [1.82, 2.24) is 9.72 Å². The fourth-order valence-corrected chi connectivity index (χ4v) is 3.77. The maximum Gasteiger partial charge on any atom is 0.307 e. The quantitative estimate of drug-likeness (QED) is 0.307. The van der Waals surface area contributed by atoms with Gasteiger partial charge in [0.1, 0.15) is 11.6 Å². The lowest BCUT2D eigenvalue weighted by molar-refractivity contribution is -0.141. The molecule has 152 valence electrons. The SMILES string of the molecule is Cc1cc(-n2c(C)cc(C(=O)COC(=O)CCSc3ccc(F)cc3)c2C)no1. The minimum absolute atomic E-state index is 0.159. The van der Waals surface area contributed by atoms with E-state index in [4.69, 9.17) is 9.26 Å². The Bertz CT molecular complexity index is 1020. The molecule has 2 aromatic heterocycles. The number of thioether (sulfide) groups is 1. The molecule has 0 bridgehead atoms. The van der Waals surface area contributed by atoms with Crippen LogP contribution in [0.2, 0.25) is 0 Å². The van der Waals surface area contributed by atoms with Gasteiger partial charge in [0.2, 0.25) is 5.78 Å². The number of hydrogen-bond donors (Lipinski definition) is 0. The van der Waals surface area contributed by atoms with Gasteiger partial charge in [-0.1, -0.05) is 5.16 Å². The van der Waals surface area contributed by atoms with E-state index in [-0.39, 0.29) is 24.6 Å². The second-order valence-corrected chi connectivity index (χ2v) is 7.72. The van der Waals surface area contributed by atoms with Crippen molar-refractivity contribution in [2.75, 3.05) is 12.4 Å². The average Bonchev–Trinajstić information content (AvgIpc) is 3.23. The highest BCUT2D eigenvalue weighted by Gasteiger charge is 2.19. The minimum atomic E-state index is -0.450. The molecule has 0 saturated heterocycles. The first-order valence-electron chi connectivity index (χ1n) is 9.05. The first-order chi connectivity index (χ1) is 13.8. The molecule has 0 radical (unpaired) electrons. The number of rotatable bonds is 8. The van der Waals surface area contributed by atoms with Crippen molar-refractivity contribution in [3.05, 3.63) is 64.9 Å². The molecule has 3 rings (SSSR count). The largest absolute Gasteiger partial charge is 0.457 e. The summed E-state index contributed by atoms with van der Waals surface area (Å²) in [7, 11) is 0. The van der Waals surface area contributed by atoms with Gasteiger partial charge < -0.3 is 9.26 Å². The van der Waals surface area contributed by atoms with Crippen LogP contribution in [0, 0.1) is 26.6 Å². The Kier molecular flexibility index (Phi) is 6.53. The first-order valence-corrected chi connectivity index (χ1v) is 10.0. The van der Waals surface area contributed by atoms with Crippen molar-refractivity contribution in [1.29, 1.82) is 0 Å². The summed E-state index contributed by atoms with van der Waals surface area (Å²) in [6.45, 7) is 5.16. The normalized spacial score (nSPS) is 10.9. The Hall–Kier alpha value is -2.87. The minimum Gasteiger partial charge on any atom is -0.457 e. The molecule has 0 atom stereocenters. The number of carbonyl (C=O) groups excluding carboxylic acids is 2. The number of carbonyl (C=O) groups is 2. The van der Waals surface area contributed by atoms with Gasteiger partial charge >= 0.3 is 5.97 Å². The fraction of sp³-hybridized carbons (Fsp3) is 0.286. The number of esters is 1. The Morgan fingerprint density at radius 3 is 2.55 bits per heavy atom. The Labute approximate surface area is 172 Å². The maximum atomic E-state index is 12.9. The lowest BCUT2D eigenvalue weighted by Gasteiger charge is -2.06. The van der Waals surface area contributed by atoms with E-state index in [2.05, 4.69) is 5.16 Å². The molecule has 6 nitrogen and oxygen atoms in total. The summed E-state index contributed by atoms with van der Waals surface area (Å²) in [5.74, 6) is 0.737. The molecule has 0 aliphatic carbocycles. The van der Waals surface area contributed by atoms with E-state index >= 15 is 0 Å². The van der Waals surface area contributed by atoms with Crippen LogP contribution in [-0.2, 0) is 9.53 Å². The zero-order chi connectivity index (χ0) is 21.0. The summed E-state index contributed by atoms with van der Waals surface area (Å²) >= 11 is 1.42. The van der Waals surface area contributed by atoms with Crippen LogP contribution >= 0.6 is 11.8 Å². The van der Waals surface area contributed by atoms with Crippen molar-refractivity contribution >= 4 is 23.5 Å². The highest BCUT2D eigenvalue weighted by atomic mass is 32.2. The second-order valence-electron chi connectivity index (χ2n) is 6.55. The topological polar surface area (TPSA) is 74.3 Å². The van der Waals surface area contributed by atoms with Crippen LogP contribution in [0.3, 0.4) is 0 Å². The van der Waals surface area contributed by atoms with Gasteiger partial charge in [0.15, 0.2) is 12.4 Å². The lowest BCUT2D eigenvalue weighted by Crippen LogP contribution is -2.15. The van der Waals surface area contributed by atoms with Crippen molar-refractivity contribution in [3.8, 4) is 5.82 Å². The summed E-state index contributed by atoms with van der Waals surface area (Å²) in [4.78, 5) is 25.3. The third-order valence-electron chi connectivity index (χ3n) is 4.33. The smallest absolute Gasteiger partial charge is 0.307 e. The van der Waals surface area contributed by atoms with Crippen LogP contribution in [-0.4, -0.2) is 33.8 Å². The molecule has 0 unspecified atom stereocenters. The lowest BCUT2D eigenvalue weighted by atomic mass is 10.1. The Morgan fingerprint density at radius 1 is 1.17 bits per heavy atom. The summed E-state index contributed by atoms with van der Waals surface area (Å²) in [6.07, 6.45) is 0.159. The van der Waals surface area contributed by atoms with Crippen molar-refractivity contribution in [2.45, 2.75) is 32.1 Å². The van der Waals surface area contributed by atoms with Crippen LogP contribution < -0.4 is 0 Å². The molecule has 0 saturated carbocycles. The number of hydrogen-bond acceptors (Lipinski definition) is 6. The van der Waals surface area contributed by atoms with Crippen LogP contribution in [0.25, 0.3) is 5.82 Å². The molecule has 29 heavy (non-hydrogen) atoms. The Morgan fingerprint density at radius 2 is 1.90 bits per heavy atom. The van der Waals surface area contributed by atoms with E-state index < -0.39 is 5.97 Å². The average molecular weight is 416 g/mol. The van der Waals surface area contributed by atoms with Gasteiger partial charge in [0.25, 0.3) is 0 Å². The van der Waals surface area contributed by atoms with E-state index in [0.717, 1.165) is 10.6 Å². The number of benzene rings is 1. The molecule has 0 aliphatic heterocycles. The van der Waals surface area contributed by atoms with Gasteiger partial charge in [-0.2, -0.15) is 0 Å². The number of nitrogens with zero attached hydrogens (tertiary/aromatic N) is 2. The number of Topliss-reactive ketones (excluding diaryl/α,β-unsaturated/α-hetero) is 1. The van der Waals surface area contributed by atoms with Gasteiger partial charge in [-0.05, 0) is 51.1 Å². The number of aryl methyl sites for hydroxylation is 2. The number of ketones is 1. The molecule has 0 amide bonds. The van der Waals surface area contributed by atoms with Crippen LogP contribution in [0.4, 0.5) is 4.39 Å². The molecule has 0 fully saturated rings.